The highest BCUT2D eigenvalue weighted by molar-refractivity contribution is 6.30. The van der Waals surface area contributed by atoms with Crippen LogP contribution in [-0.2, 0) is 18.3 Å². The molecule has 27 heavy (non-hydrogen) atoms. The van der Waals surface area contributed by atoms with Crippen molar-refractivity contribution in [1.82, 2.24) is 19.7 Å². The lowest BCUT2D eigenvalue weighted by molar-refractivity contribution is -0.0350. The lowest BCUT2D eigenvalue weighted by Crippen LogP contribution is -2.38. The summed E-state index contributed by atoms with van der Waals surface area (Å²) in [5.74, 6) is 0. The van der Waals surface area contributed by atoms with E-state index in [-0.39, 0.29) is 6.10 Å². The monoisotopic (exact) mass is 382 g/mol. The zero-order chi connectivity index (χ0) is 18.8. The first-order valence-electron chi connectivity index (χ1n) is 9.13. The smallest absolute Gasteiger partial charge is 0.112 e. The maximum Gasteiger partial charge on any atom is 0.112 e. The van der Waals surface area contributed by atoms with Crippen molar-refractivity contribution >= 4 is 11.6 Å². The van der Waals surface area contributed by atoms with Crippen molar-refractivity contribution in [2.24, 2.45) is 7.05 Å². The van der Waals surface area contributed by atoms with Gasteiger partial charge >= 0.3 is 0 Å². The second-order valence-corrected chi connectivity index (χ2v) is 7.43. The van der Waals surface area contributed by atoms with E-state index in [1.165, 1.54) is 5.56 Å². The van der Waals surface area contributed by atoms with Gasteiger partial charge in [-0.3, -0.25) is 14.6 Å². The molecule has 4 rings (SSSR count). The van der Waals surface area contributed by atoms with Crippen LogP contribution in [0.3, 0.4) is 0 Å². The number of rotatable bonds is 4. The number of hydrogen-bond acceptors (Lipinski definition) is 4. The molecule has 0 amide bonds. The molecular weight excluding hydrogens is 360 g/mol. The van der Waals surface area contributed by atoms with Gasteiger partial charge in [-0.15, -0.1) is 0 Å². The predicted octanol–water partition coefficient (Wildman–Crippen LogP) is 4.02. The third-order valence-corrected chi connectivity index (χ3v) is 5.17. The van der Waals surface area contributed by atoms with E-state index >= 15 is 0 Å². The number of hydrogen-bond donors (Lipinski definition) is 0. The van der Waals surface area contributed by atoms with Gasteiger partial charge in [0.15, 0.2) is 0 Å². The topological polar surface area (TPSA) is 43.2 Å². The minimum absolute atomic E-state index is 0.0101. The van der Waals surface area contributed by atoms with E-state index in [1.807, 2.05) is 42.2 Å². The molecule has 1 atom stereocenters. The van der Waals surface area contributed by atoms with Gasteiger partial charge < -0.3 is 4.74 Å². The third-order valence-electron chi connectivity index (χ3n) is 4.93. The molecule has 1 saturated heterocycles. The maximum atomic E-state index is 6.09. The summed E-state index contributed by atoms with van der Waals surface area (Å²) < 4.78 is 7.86. The fourth-order valence-corrected chi connectivity index (χ4v) is 3.69. The molecule has 1 fully saturated rings. The largest absolute Gasteiger partial charge is 0.369 e. The highest BCUT2D eigenvalue weighted by atomic mass is 35.5. The number of nitrogens with zero attached hydrogens (tertiary/aromatic N) is 4. The fourth-order valence-electron chi connectivity index (χ4n) is 3.50. The first-order valence-corrected chi connectivity index (χ1v) is 9.51. The Labute approximate surface area is 164 Å². The Kier molecular flexibility index (Phi) is 5.25. The minimum Gasteiger partial charge on any atom is -0.369 e. The molecule has 0 radical (unpaired) electrons. The van der Waals surface area contributed by atoms with E-state index in [2.05, 4.69) is 40.2 Å². The van der Waals surface area contributed by atoms with E-state index in [0.29, 0.717) is 6.61 Å². The van der Waals surface area contributed by atoms with Gasteiger partial charge in [0, 0.05) is 55.2 Å². The summed E-state index contributed by atoms with van der Waals surface area (Å²) in [6, 6.07) is 12.0. The summed E-state index contributed by atoms with van der Waals surface area (Å²) in [7, 11) is 1.96. The summed E-state index contributed by atoms with van der Waals surface area (Å²) in [5, 5.41) is 5.17. The van der Waals surface area contributed by atoms with Gasteiger partial charge in [0.2, 0.25) is 0 Å². The quantitative estimate of drug-likeness (QED) is 0.683. The molecule has 6 heteroatoms. The SMILES string of the molecule is Cc1nn(C)cc1CN1CCO[C@@H](c2ccc(-c3cccc(Cl)c3)cn2)C1. The summed E-state index contributed by atoms with van der Waals surface area (Å²) in [6.45, 7) is 5.41. The van der Waals surface area contributed by atoms with Gasteiger partial charge in [0.1, 0.15) is 6.10 Å². The standard InChI is InChI=1S/C21H23ClN4O/c1-15-18(12-25(2)24-15)13-26-8-9-27-21(14-26)20-7-6-17(11-23-20)16-4-3-5-19(22)10-16/h3-7,10-12,21H,8-9,13-14H2,1-2H3/t21-/m1/s1. The van der Waals surface area contributed by atoms with Crippen LogP contribution in [0.1, 0.15) is 23.1 Å². The first-order chi connectivity index (χ1) is 13.1. The van der Waals surface area contributed by atoms with Gasteiger partial charge in [0.25, 0.3) is 0 Å². The molecule has 3 aromatic rings. The summed E-state index contributed by atoms with van der Waals surface area (Å²) in [6.07, 6.45) is 3.98. The van der Waals surface area contributed by atoms with Crippen LogP contribution in [0.5, 0.6) is 0 Å². The Morgan fingerprint density at radius 3 is 2.81 bits per heavy atom. The van der Waals surface area contributed by atoms with Gasteiger partial charge in [-0.2, -0.15) is 5.10 Å². The second-order valence-electron chi connectivity index (χ2n) is 6.99. The lowest BCUT2D eigenvalue weighted by atomic mass is 10.1. The molecule has 0 spiro atoms. The number of aryl methyl sites for hydroxylation is 2. The van der Waals surface area contributed by atoms with Gasteiger partial charge in [-0.25, -0.2) is 0 Å². The Morgan fingerprint density at radius 1 is 1.22 bits per heavy atom. The number of halogens is 1. The van der Waals surface area contributed by atoms with Crippen LogP contribution >= 0.6 is 11.6 Å². The van der Waals surface area contributed by atoms with E-state index in [0.717, 1.165) is 47.2 Å². The Balaban J connectivity index is 1.45. The molecule has 0 N–H and O–H groups in total. The van der Waals surface area contributed by atoms with Crippen LogP contribution < -0.4 is 0 Å². The molecule has 3 heterocycles. The third kappa shape index (κ3) is 4.21. The Bertz CT molecular complexity index is 922. The first kappa shape index (κ1) is 18.2. The number of aromatic nitrogens is 3. The van der Waals surface area contributed by atoms with E-state index < -0.39 is 0 Å². The normalized spacial score (nSPS) is 18.0. The zero-order valence-corrected chi connectivity index (χ0v) is 16.4. The molecule has 0 saturated carbocycles. The lowest BCUT2D eigenvalue weighted by Gasteiger charge is -2.32. The minimum atomic E-state index is -0.0101. The van der Waals surface area contributed by atoms with Crippen LogP contribution in [0, 0.1) is 6.92 Å². The highest BCUT2D eigenvalue weighted by Crippen LogP contribution is 2.26. The molecule has 0 unspecified atom stereocenters. The number of benzene rings is 1. The van der Waals surface area contributed by atoms with Crippen molar-refractivity contribution in [3.05, 3.63) is 70.8 Å². The molecular formula is C21H23ClN4O. The van der Waals surface area contributed by atoms with E-state index in [4.69, 9.17) is 16.3 Å². The van der Waals surface area contributed by atoms with Crippen molar-refractivity contribution in [3.63, 3.8) is 0 Å². The maximum absolute atomic E-state index is 6.09. The number of ether oxygens (including phenoxy) is 1. The van der Waals surface area contributed by atoms with Crippen molar-refractivity contribution in [2.75, 3.05) is 19.7 Å². The van der Waals surface area contributed by atoms with Crippen LogP contribution in [0.4, 0.5) is 0 Å². The van der Waals surface area contributed by atoms with Crippen LogP contribution in [0.25, 0.3) is 11.1 Å². The molecule has 1 aliphatic rings. The molecule has 1 aliphatic heterocycles. The highest BCUT2D eigenvalue weighted by Gasteiger charge is 2.24. The summed E-state index contributed by atoms with van der Waals surface area (Å²) >= 11 is 6.09. The zero-order valence-electron chi connectivity index (χ0n) is 15.6. The van der Waals surface area contributed by atoms with Gasteiger partial charge in [-0.1, -0.05) is 29.8 Å². The van der Waals surface area contributed by atoms with Crippen LogP contribution in [0.2, 0.25) is 5.02 Å². The number of morpholine rings is 1. The molecule has 1 aromatic carbocycles. The van der Waals surface area contributed by atoms with Crippen molar-refractivity contribution in [1.29, 1.82) is 0 Å². The Morgan fingerprint density at radius 2 is 2.11 bits per heavy atom. The Hall–Kier alpha value is -2.21. The predicted molar refractivity (Wildman–Crippen MR) is 107 cm³/mol. The summed E-state index contributed by atoms with van der Waals surface area (Å²) in [5.41, 5.74) is 5.44. The van der Waals surface area contributed by atoms with Crippen molar-refractivity contribution in [3.8, 4) is 11.1 Å². The molecule has 140 valence electrons. The van der Waals surface area contributed by atoms with E-state index in [9.17, 15) is 0 Å². The fraction of sp³-hybridized carbons (Fsp3) is 0.333. The average Bonchev–Trinajstić information content (AvgIpc) is 2.99. The van der Waals surface area contributed by atoms with Crippen LogP contribution in [-0.4, -0.2) is 39.4 Å². The second kappa shape index (κ2) is 7.80. The average molecular weight is 383 g/mol. The number of pyridine rings is 1. The molecule has 0 bridgehead atoms. The van der Waals surface area contributed by atoms with Gasteiger partial charge in [0.05, 0.1) is 18.0 Å². The van der Waals surface area contributed by atoms with Crippen molar-refractivity contribution < 1.29 is 4.74 Å². The van der Waals surface area contributed by atoms with Crippen LogP contribution in [0.15, 0.2) is 48.8 Å². The molecule has 0 aliphatic carbocycles. The van der Waals surface area contributed by atoms with Crippen molar-refractivity contribution in [2.45, 2.75) is 19.6 Å². The molecule has 2 aromatic heterocycles. The van der Waals surface area contributed by atoms with E-state index in [1.54, 1.807) is 0 Å². The van der Waals surface area contributed by atoms with Gasteiger partial charge in [-0.05, 0) is 30.7 Å². The summed E-state index contributed by atoms with van der Waals surface area (Å²) in [4.78, 5) is 7.07. The molecule has 5 nitrogen and oxygen atoms in total.